The van der Waals surface area contributed by atoms with Crippen LogP contribution in [0, 0.1) is 0 Å². The molecule has 0 amide bonds. The van der Waals surface area contributed by atoms with E-state index in [1.807, 2.05) is 11.8 Å². The first-order valence-corrected chi connectivity index (χ1v) is 7.71. The molecule has 2 N–H and O–H groups in total. The molecule has 0 radical (unpaired) electrons. The van der Waals surface area contributed by atoms with Crippen LogP contribution in [0.25, 0.3) is 0 Å². The van der Waals surface area contributed by atoms with Gasteiger partial charge in [0.25, 0.3) is 0 Å². The quantitative estimate of drug-likeness (QED) is 0.903. The molecule has 108 valence electrons. The third-order valence-electron chi connectivity index (χ3n) is 3.15. The standard InChI is InChI=1S/C13H19N5OS/c1-13(2,3)20-6-11-17-12(19-18-11)9-4-8-10(5-14-9)16-7-15-8/h7,9,14H,4-6H2,1-3H3,(H,15,16). The van der Waals surface area contributed by atoms with Gasteiger partial charge < -0.3 is 9.51 Å². The van der Waals surface area contributed by atoms with Gasteiger partial charge in [0.1, 0.15) is 0 Å². The van der Waals surface area contributed by atoms with Gasteiger partial charge in [-0.15, -0.1) is 11.8 Å². The van der Waals surface area contributed by atoms with E-state index in [4.69, 9.17) is 4.52 Å². The highest BCUT2D eigenvalue weighted by atomic mass is 32.2. The van der Waals surface area contributed by atoms with E-state index in [0.29, 0.717) is 5.89 Å². The molecule has 0 saturated heterocycles. The zero-order chi connectivity index (χ0) is 14.2. The molecule has 3 rings (SSSR count). The minimum absolute atomic E-state index is 0.0617. The Balaban J connectivity index is 1.66. The second-order valence-electron chi connectivity index (χ2n) is 5.92. The molecule has 1 atom stereocenters. The molecule has 1 unspecified atom stereocenters. The van der Waals surface area contributed by atoms with Gasteiger partial charge in [0.2, 0.25) is 5.89 Å². The number of hydrogen-bond acceptors (Lipinski definition) is 6. The fourth-order valence-corrected chi connectivity index (χ4v) is 2.77. The Labute approximate surface area is 122 Å². The Morgan fingerprint density at radius 1 is 1.45 bits per heavy atom. The number of nitrogens with zero attached hydrogens (tertiary/aromatic N) is 3. The van der Waals surface area contributed by atoms with Crippen LogP contribution in [0.1, 0.15) is 49.9 Å². The molecule has 0 spiro atoms. The lowest BCUT2D eigenvalue weighted by Crippen LogP contribution is -2.28. The lowest BCUT2D eigenvalue weighted by Gasteiger charge is -2.19. The summed E-state index contributed by atoms with van der Waals surface area (Å²) in [5.74, 6) is 2.19. The number of aromatic amines is 1. The van der Waals surface area contributed by atoms with Crippen LogP contribution in [0.15, 0.2) is 10.9 Å². The average Bonchev–Trinajstić information content (AvgIpc) is 3.03. The van der Waals surface area contributed by atoms with Gasteiger partial charge in [-0.25, -0.2) is 4.98 Å². The summed E-state index contributed by atoms with van der Waals surface area (Å²) in [5.41, 5.74) is 2.22. The van der Waals surface area contributed by atoms with Crippen molar-refractivity contribution in [3.8, 4) is 0 Å². The Bertz CT molecular complexity index is 586. The van der Waals surface area contributed by atoms with Gasteiger partial charge >= 0.3 is 0 Å². The maximum Gasteiger partial charge on any atom is 0.244 e. The van der Waals surface area contributed by atoms with Crippen molar-refractivity contribution in [3.63, 3.8) is 0 Å². The predicted octanol–water partition coefficient (Wildman–Crippen LogP) is 2.21. The fourth-order valence-electron chi connectivity index (χ4n) is 2.09. The number of aromatic nitrogens is 4. The van der Waals surface area contributed by atoms with E-state index in [-0.39, 0.29) is 10.8 Å². The number of thioether (sulfide) groups is 1. The summed E-state index contributed by atoms with van der Waals surface area (Å²) < 4.78 is 5.59. The summed E-state index contributed by atoms with van der Waals surface area (Å²) in [4.78, 5) is 11.9. The first-order chi connectivity index (χ1) is 9.51. The van der Waals surface area contributed by atoms with Crippen molar-refractivity contribution in [2.45, 2.75) is 50.3 Å². The second-order valence-corrected chi connectivity index (χ2v) is 7.72. The van der Waals surface area contributed by atoms with Crippen molar-refractivity contribution in [1.29, 1.82) is 0 Å². The van der Waals surface area contributed by atoms with Gasteiger partial charge in [0.05, 0.1) is 29.5 Å². The summed E-state index contributed by atoms with van der Waals surface area (Å²) in [5, 5.41) is 7.45. The normalized spacial score (nSPS) is 19.1. The minimum Gasteiger partial charge on any atom is -0.347 e. The number of hydrogen-bond donors (Lipinski definition) is 2. The summed E-state index contributed by atoms with van der Waals surface area (Å²) >= 11 is 1.81. The van der Waals surface area contributed by atoms with Crippen LogP contribution in [-0.4, -0.2) is 24.9 Å². The molecule has 1 aliphatic heterocycles. The Hall–Kier alpha value is -1.34. The van der Waals surface area contributed by atoms with Crippen molar-refractivity contribution in [2.75, 3.05) is 0 Å². The highest BCUT2D eigenvalue weighted by Gasteiger charge is 2.26. The van der Waals surface area contributed by atoms with E-state index in [9.17, 15) is 0 Å². The predicted molar refractivity (Wildman–Crippen MR) is 77.2 cm³/mol. The first-order valence-electron chi connectivity index (χ1n) is 6.72. The number of fused-ring (bicyclic) bond motifs is 1. The number of nitrogens with one attached hydrogen (secondary N) is 2. The molecule has 2 aromatic rings. The molecule has 7 heteroatoms. The second kappa shape index (κ2) is 5.21. The van der Waals surface area contributed by atoms with Crippen molar-refractivity contribution < 1.29 is 4.52 Å². The lowest BCUT2D eigenvalue weighted by atomic mass is 10.1. The molecule has 0 aliphatic carbocycles. The largest absolute Gasteiger partial charge is 0.347 e. The molecule has 0 fully saturated rings. The molecule has 0 aromatic carbocycles. The van der Waals surface area contributed by atoms with Crippen molar-refractivity contribution >= 4 is 11.8 Å². The highest BCUT2D eigenvalue weighted by molar-refractivity contribution is 7.99. The minimum atomic E-state index is 0.0617. The number of imidazole rings is 1. The van der Waals surface area contributed by atoms with Crippen molar-refractivity contribution in [2.24, 2.45) is 0 Å². The molecule has 0 saturated carbocycles. The summed E-state index contributed by atoms with van der Waals surface area (Å²) in [6.07, 6.45) is 2.51. The highest BCUT2D eigenvalue weighted by Crippen LogP contribution is 2.27. The van der Waals surface area contributed by atoms with Gasteiger partial charge in [-0.3, -0.25) is 5.32 Å². The van der Waals surface area contributed by atoms with Crippen LogP contribution < -0.4 is 5.32 Å². The zero-order valence-electron chi connectivity index (χ0n) is 11.9. The van der Waals surface area contributed by atoms with Gasteiger partial charge in [-0.1, -0.05) is 25.9 Å². The van der Waals surface area contributed by atoms with Crippen LogP contribution >= 0.6 is 11.8 Å². The number of H-pyrrole nitrogens is 1. The van der Waals surface area contributed by atoms with Gasteiger partial charge in [-0.2, -0.15) is 4.98 Å². The summed E-state index contributed by atoms with van der Waals surface area (Å²) in [6, 6.07) is 0.0617. The fraction of sp³-hybridized carbons (Fsp3) is 0.615. The van der Waals surface area contributed by atoms with E-state index in [1.54, 1.807) is 6.33 Å². The zero-order valence-corrected chi connectivity index (χ0v) is 12.8. The average molecular weight is 293 g/mol. The van der Waals surface area contributed by atoms with E-state index < -0.39 is 0 Å². The molecule has 20 heavy (non-hydrogen) atoms. The topological polar surface area (TPSA) is 79.6 Å². The third-order valence-corrected chi connectivity index (χ3v) is 4.41. The van der Waals surface area contributed by atoms with E-state index in [1.165, 1.54) is 0 Å². The van der Waals surface area contributed by atoms with Crippen LogP contribution in [0.3, 0.4) is 0 Å². The SMILES string of the molecule is CC(C)(C)SCc1noc(C2Cc3nc[nH]c3CN2)n1. The smallest absolute Gasteiger partial charge is 0.244 e. The Morgan fingerprint density at radius 2 is 2.30 bits per heavy atom. The monoisotopic (exact) mass is 293 g/mol. The number of rotatable bonds is 3. The molecule has 1 aliphatic rings. The van der Waals surface area contributed by atoms with E-state index in [2.05, 4.69) is 46.2 Å². The Kier molecular flexibility index (Phi) is 3.55. The first kappa shape index (κ1) is 13.6. The summed E-state index contributed by atoms with van der Waals surface area (Å²) in [7, 11) is 0. The van der Waals surface area contributed by atoms with Crippen LogP contribution in [0.2, 0.25) is 0 Å². The van der Waals surface area contributed by atoms with Gasteiger partial charge in [0, 0.05) is 17.7 Å². The molecule has 3 heterocycles. The van der Waals surface area contributed by atoms with Gasteiger partial charge in [0.15, 0.2) is 5.82 Å². The third kappa shape index (κ3) is 3.04. The molecule has 6 nitrogen and oxygen atoms in total. The Morgan fingerprint density at radius 3 is 3.10 bits per heavy atom. The van der Waals surface area contributed by atoms with Gasteiger partial charge in [-0.05, 0) is 0 Å². The molecule has 0 bridgehead atoms. The molecular weight excluding hydrogens is 274 g/mol. The van der Waals surface area contributed by atoms with E-state index in [0.717, 1.165) is 35.9 Å². The maximum atomic E-state index is 5.39. The molecular formula is C13H19N5OS. The lowest BCUT2D eigenvalue weighted by molar-refractivity contribution is 0.317. The molecule has 2 aromatic heterocycles. The van der Waals surface area contributed by atoms with Crippen molar-refractivity contribution in [1.82, 2.24) is 25.4 Å². The van der Waals surface area contributed by atoms with Crippen LogP contribution in [0.5, 0.6) is 0 Å². The van der Waals surface area contributed by atoms with E-state index >= 15 is 0 Å². The van der Waals surface area contributed by atoms with Crippen LogP contribution in [0.4, 0.5) is 0 Å². The van der Waals surface area contributed by atoms with Crippen molar-refractivity contribution in [3.05, 3.63) is 29.4 Å². The maximum absolute atomic E-state index is 5.39. The summed E-state index contributed by atoms with van der Waals surface area (Å²) in [6.45, 7) is 7.30. The van der Waals surface area contributed by atoms with Crippen LogP contribution in [-0.2, 0) is 18.7 Å².